The molecule has 0 spiro atoms. The first-order valence-corrected chi connectivity index (χ1v) is 7.80. The first-order chi connectivity index (χ1) is 9.69. The molecule has 0 aromatic heterocycles. The summed E-state index contributed by atoms with van der Waals surface area (Å²) in [5, 5.41) is 0. The maximum absolute atomic E-state index is 2.32. The number of aryl methyl sites for hydroxylation is 2. The molecule has 2 atom stereocenters. The second kappa shape index (κ2) is 6.74. The topological polar surface area (TPSA) is 0 Å². The summed E-state index contributed by atoms with van der Waals surface area (Å²) in [6.07, 6.45) is 2.38. The van der Waals surface area contributed by atoms with Crippen molar-refractivity contribution in [1.29, 1.82) is 0 Å². The third kappa shape index (κ3) is 2.95. The summed E-state index contributed by atoms with van der Waals surface area (Å²) >= 11 is 0. The molecule has 2 aromatic rings. The maximum Gasteiger partial charge on any atom is -0.00931 e. The Hall–Kier alpha value is -1.56. The summed E-state index contributed by atoms with van der Waals surface area (Å²) in [5.41, 5.74) is 5.88. The van der Waals surface area contributed by atoms with Gasteiger partial charge >= 0.3 is 0 Å². The van der Waals surface area contributed by atoms with Crippen molar-refractivity contribution in [2.45, 2.75) is 52.4 Å². The van der Waals surface area contributed by atoms with Gasteiger partial charge in [-0.15, -0.1) is 0 Å². The molecule has 0 heteroatoms. The monoisotopic (exact) mass is 266 g/mol. The Labute approximate surface area is 123 Å². The van der Waals surface area contributed by atoms with Crippen molar-refractivity contribution in [3.8, 4) is 0 Å². The van der Waals surface area contributed by atoms with Gasteiger partial charge in [0, 0.05) is 0 Å². The lowest BCUT2D eigenvalue weighted by Gasteiger charge is -2.28. The second-order valence-corrected chi connectivity index (χ2v) is 5.74. The predicted octanol–water partition coefficient (Wildman–Crippen LogP) is 5.99. The van der Waals surface area contributed by atoms with Crippen molar-refractivity contribution < 1.29 is 0 Å². The maximum atomic E-state index is 2.32. The average Bonchev–Trinajstić information content (AvgIpc) is 2.47. The van der Waals surface area contributed by atoms with E-state index in [0.717, 1.165) is 0 Å². The molecule has 2 rings (SSSR count). The van der Waals surface area contributed by atoms with E-state index in [0.29, 0.717) is 11.8 Å². The van der Waals surface area contributed by atoms with Gasteiger partial charge in [-0.05, 0) is 60.8 Å². The molecule has 0 aliphatic rings. The van der Waals surface area contributed by atoms with E-state index in [2.05, 4.69) is 76.2 Å². The first kappa shape index (κ1) is 14.8. The minimum Gasteiger partial charge on any atom is -0.0648 e. The van der Waals surface area contributed by atoms with Crippen LogP contribution in [0, 0.1) is 13.8 Å². The van der Waals surface area contributed by atoms with Crippen LogP contribution in [0.1, 0.15) is 60.8 Å². The molecule has 0 N–H and O–H groups in total. The number of rotatable bonds is 5. The molecule has 2 unspecified atom stereocenters. The number of hydrogen-bond acceptors (Lipinski definition) is 0. The van der Waals surface area contributed by atoms with E-state index in [1.807, 2.05) is 0 Å². The molecule has 0 aliphatic carbocycles. The summed E-state index contributed by atoms with van der Waals surface area (Å²) < 4.78 is 0. The number of benzene rings is 2. The molecule has 106 valence electrons. The minimum atomic E-state index is 0.613. The van der Waals surface area contributed by atoms with E-state index in [1.54, 1.807) is 0 Å². The molecule has 0 bridgehead atoms. The highest BCUT2D eigenvalue weighted by molar-refractivity contribution is 5.36. The standard InChI is InChI=1S/C20H26/c1-5-17(19-13-9-7-11-15(19)3)18(6-2)20-14-10-8-12-16(20)4/h7-14,17-18H,5-6H2,1-4H3. The molecule has 0 nitrogen and oxygen atoms in total. The van der Waals surface area contributed by atoms with E-state index in [9.17, 15) is 0 Å². The molecule has 0 saturated carbocycles. The SMILES string of the molecule is CCC(c1ccccc1C)C(CC)c1ccccc1C. The lowest BCUT2D eigenvalue weighted by Crippen LogP contribution is -2.12. The van der Waals surface area contributed by atoms with Crippen LogP contribution >= 0.6 is 0 Å². The highest BCUT2D eigenvalue weighted by atomic mass is 14.3. The molecule has 0 aliphatic heterocycles. The van der Waals surface area contributed by atoms with Crippen LogP contribution in [0.3, 0.4) is 0 Å². The molecule has 0 radical (unpaired) electrons. The second-order valence-electron chi connectivity index (χ2n) is 5.74. The summed E-state index contributed by atoms with van der Waals surface area (Å²) in [5.74, 6) is 1.23. The zero-order chi connectivity index (χ0) is 14.5. The van der Waals surface area contributed by atoms with Gasteiger partial charge in [-0.1, -0.05) is 62.4 Å². The summed E-state index contributed by atoms with van der Waals surface area (Å²) in [6.45, 7) is 9.11. The van der Waals surface area contributed by atoms with Crippen LogP contribution in [0.2, 0.25) is 0 Å². The van der Waals surface area contributed by atoms with Crippen molar-refractivity contribution >= 4 is 0 Å². The predicted molar refractivity (Wildman–Crippen MR) is 88.4 cm³/mol. The van der Waals surface area contributed by atoms with Crippen molar-refractivity contribution in [2.75, 3.05) is 0 Å². The molecule has 0 amide bonds. The van der Waals surface area contributed by atoms with E-state index < -0.39 is 0 Å². The van der Waals surface area contributed by atoms with Gasteiger partial charge in [0.15, 0.2) is 0 Å². The van der Waals surface area contributed by atoms with Crippen molar-refractivity contribution in [1.82, 2.24) is 0 Å². The van der Waals surface area contributed by atoms with Crippen molar-refractivity contribution in [3.05, 3.63) is 70.8 Å². The Bertz CT molecular complexity index is 502. The average molecular weight is 266 g/mol. The molecular formula is C20H26. The highest BCUT2D eigenvalue weighted by Crippen LogP contribution is 2.40. The van der Waals surface area contributed by atoms with Gasteiger partial charge in [0.2, 0.25) is 0 Å². The van der Waals surface area contributed by atoms with Gasteiger partial charge in [-0.3, -0.25) is 0 Å². The normalized spacial score (nSPS) is 14.0. The Morgan fingerprint density at radius 1 is 0.650 bits per heavy atom. The summed E-state index contributed by atoms with van der Waals surface area (Å²) in [7, 11) is 0. The van der Waals surface area contributed by atoms with Crippen LogP contribution in [0.15, 0.2) is 48.5 Å². The van der Waals surface area contributed by atoms with Crippen molar-refractivity contribution in [3.63, 3.8) is 0 Å². The molecule has 0 saturated heterocycles. The van der Waals surface area contributed by atoms with Crippen LogP contribution in [-0.2, 0) is 0 Å². The first-order valence-electron chi connectivity index (χ1n) is 7.80. The zero-order valence-electron chi connectivity index (χ0n) is 13.2. The quantitative estimate of drug-likeness (QED) is 0.623. The minimum absolute atomic E-state index is 0.613. The summed E-state index contributed by atoms with van der Waals surface area (Å²) in [4.78, 5) is 0. The molecule has 0 heterocycles. The molecule has 20 heavy (non-hydrogen) atoms. The lowest BCUT2D eigenvalue weighted by molar-refractivity contribution is 0.506. The van der Waals surface area contributed by atoms with Gasteiger partial charge < -0.3 is 0 Å². The fraction of sp³-hybridized carbons (Fsp3) is 0.400. The van der Waals surface area contributed by atoms with Gasteiger partial charge in [0.25, 0.3) is 0 Å². The van der Waals surface area contributed by atoms with E-state index in [1.165, 1.54) is 35.1 Å². The fourth-order valence-electron chi connectivity index (χ4n) is 3.45. The summed E-state index contributed by atoms with van der Waals surface area (Å²) in [6, 6.07) is 17.7. The lowest BCUT2D eigenvalue weighted by atomic mass is 9.76. The Morgan fingerprint density at radius 2 is 1.00 bits per heavy atom. The largest absolute Gasteiger partial charge is 0.0648 e. The van der Waals surface area contributed by atoms with E-state index >= 15 is 0 Å². The Morgan fingerprint density at radius 3 is 1.30 bits per heavy atom. The van der Waals surface area contributed by atoms with E-state index in [4.69, 9.17) is 0 Å². The van der Waals surface area contributed by atoms with Crippen LogP contribution in [-0.4, -0.2) is 0 Å². The Kier molecular flexibility index (Phi) is 5.00. The van der Waals surface area contributed by atoms with Gasteiger partial charge in [0.1, 0.15) is 0 Å². The smallest absolute Gasteiger partial charge is 0.00931 e. The van der Waals surface area contributed by atoms with Crippen LogP contribution in [0.4, 0.5) is 0 Å². The third-order valence-corrected chi connectivity index (χ3v) is 4.54. The number of hydrogen-bond donors (Lipinski definition) is 0. The van der Waals surface area contributed by atoms with Crippen LogP contribution in [0.5, 0.6) is 0 Å². The van der Waals surface area contributed by atoms with Crippen LogP contribution in [0.25, 0.3) is 0 Å². The van der Waals surface area contributed by atoms with Gasteiger partial charge in [-0.2, -0.15) is 0 Å². The van der Waals surface area contributed by atoms with Gasteiger partial charge in [0.05, 0.1) is 0 Å². The molecule has 2 aromatic carbocycles. The highest BCUT2D eigenvalue weighted by Gasteiger charge is 2.23. The van der Waals surface area contributed by atoms with Crippen molar-refractivity contribution in [2.24, 2.45) is 0 Å². The zero-order valence-corrected chi connectivity index (χ0v) is 13.2. The molecule has 0 fully saturated rings. The Balaban J connectivity index is 2.44. The van der Waals surface area contributed by atoms with E-state index in [-0.39, 0.29) is 0 Å². The fourth-order valence-corrected chi connectivity index (χ4v) is 3.45. The van der Waals surface area contributed by atoms with Gasteiger partial charge in [-0.25, -0.2) is 0 Å². The van der Waals surface area contributed by atoms with Crippen LogP contribution < -0.4 is 0 Å². The third-order valence-electron chi connectivity index (χ3n) is 4.54. The molecular weight excluding hydrogens is 240 g/mol.